The third-order valence-electron chi connectivity index (χ3n) is 3.99. The summed E-state index contributed by atoms with van der Waals surface area (Å²) in [5.41, 5.74) is 0.486. The Labute approximate surface area is 128 Å². The summed E-state index contributed by atoms with van der Waals surface area (Å²) in [6.45, 7) is 0.414. The maximum atomic E-state index is 12.2. The first-order chi connectivity index (χ1) is 10.5. The first-order valence-electron chi connectivity index (χ1n) is 7.06. The number of nitrogens with zero attached hydrogens (tertiary/aromatic N) is 2. The molecule has 0 saturated carbocycles. The number of carbonyl (C=O) groups is 1. The number of nitrogens with one attached hydrogen (secondary N) is 2. The minimum Gasteiger partial charge on any atom is -0.356 e. The van der Waals surface area contributed by atoms with Gasteiger partial charge in [-0.15, -0.1) is 12.3 Å². The second kappa shape index (κ2) is 5.25. The van der Waals surface area contributed by atoms with Crippen molar-refractivity contribution in [1.82, 2.24) is 10.3 Å². The van der Waals surface area contributed by atoms with Crippen LogP contribution < -0.4 is 5.32 Å². The number of fused-ring (bicyclic) bond motifs is 1. The van der Waals surface area contributed by atoms with Crippen molar-refractivity contribution in [3.05, 3.63) is 17.5 Å². The molecule has 0 aliphatic carbocycles. The van der Waals surface area contributed by atoms with Crippen LogP contribution in [0.4, 0.5) is 0 Å². The number of carbonyl (C=O) groups excluding carboxylic acids is 1. The van der Waals surface area contributed by atoms with Crippen molar-refractivity contribution in [2.24, 2.45) is 10.2 Å². The number of hydrogen-bond acceptors (Lipinski definition) is 5. The Morgan fingerprint density at radius 1 is 1.45 bits per heavy atom. The molecule has 2 aliphatic rings. The summed E-state index contributed by atoms with van der Waals surface area (Å²) < 4.78 is 23.5. The summed E-state index contributed by atoms with van der Waals surface area (Å²) in [6, 6.07) is 0. The Hall–Kier alpha value is -2.14. The fraction of sp³-hybridized carbons (Fsp3) is 0.500. The zero-order chi connectivity index (χ0) is 15.8. The third-order valence-corrected chi connectivity index (χ3v) is 5.77. The number of amides is 1. The van der Waals surface area contributed by atoms with Gasteiger partial charge < -0.3 is 10.3 Å². The van der Waals surface area contributed by atoms with Gasteiger partial charge in [0.05, 0.1) is 10.6 Å². The third kappa shape index (κ3) is 2.64. The van der Waals surface area contributed by atoms with E-state index >= 15 is 0 Å². The first kappa shape index (κ1) is 14.8. The van der Waals surface area contributed by atoms with Crippen LogP contribution in [0.25, 0.3) is 0 Å². The van der Waals surface area contributed by atoms with Crippen LogP contribution >= 0.6 is 0 Å². The van der Waals surface area contributed by atoms with Crippen LogP contribution in [-0.2, 0) is 16.3 Å². The molecule has 0 bridgehead atoms. The Morgan fingerprint density at radius 2 is 2.23 bits per heavy atom. The maximum Gasteiger partial charge on any atom is 0.268 e. The molecule has 1 aromatic rings. The van der Waals surface area contributed by atoms with Gasteiger partial charge in [0.15, 0.2) is 15.5 Å². The second-order valence-corrected chi connectivity index (χ2v) is 7.55. The van der Waals surface area contributed by atoms with Crippen LogP contribution in [0.15, 0.2) is 21.3 Å². The summed E-state index contributed by atoms with van der Waals surface area (Å²) in [5, 5.41) is 10.8. The van der Waals surface area contributed by atoms with Gasteiger partial charge in [0.25, 0.3) is 5.91 Å². The van der Waals surface area contributed by atoms with E-state index in [2.05, 4.69) is 26.4 Å². The highest BCUT2D eigenvalue weighted by molar-refractivity contribution is 7.91. The Morgan fingerprint density at radius 3 is 2.91 bits per heavy atom. The lowest BCUT2D eigenvalue weighted by Gasteiger charge is -2.09. The Balaban J connectivity index is 1.57. The van der Waals surface area contributed by atoms with Crippen LogP contribution in [0.5, 0.6) is 0 Å². The van der Waals surface area contributed by atoms with Gasteiger partial charge in [-0.2, -0.15) is 10.2 Å². The van der Waals surface area contributed by atoms with E-state index in [0.717, 1.165) is 0 Å². The summed E-state index contributed by atoms with van der Waals surface area (Å²) in [6.07, 6.45) is 8.88. The predicted octanol–water partition coefficient (Wildman–Crippen LogP) is 1.04. The van der Waals surface area contributed by atoms with Crippen LogP contribution in [0.1, 0.15) is 35.3 Å². The highest BCUT2D eigenvalue weighted by Crippen LogP contribution is 2.36. The van der Waals surface area contributed by atoms with E-state index in [1.165, 1.54) is 6.20 Å². The fourth-order valence-electron chi connectivity index (χ4n) is 2.64. The molecular weight excluding hydrogens is 304 g/mol. The second-order valence-electron chi connectivity index (χ2n) is 5.47. The minimum absolute atomic E-state index is 0.0690. The number of aromatic amines is 1. The molecule has 0 spiro atoms. The quantitative estimate of drug-likeness (QED) is 0.765. The number of hydrogen-bond donors (Lipinski definition) is 2. The van der Waals surface area contributed by atoms with Crippen LogP contribution in [0.2, 0.25) is 0 Å². The fourth-order valence-corrected chi connectivity index (χ4v) is 4.15. The van der Waals surface area contributed by atoms with E-state index < -0.39 is 15.5 Å². The molecular formula is C14H16N4O3S. The molecule has 3 rings (SSSR count). The number of terminal acetylenes is 1. The smallest absolute Gasteiger partial charge is 0.268 e. The summed E-state index contributed by atoms with van der Waals surface area (Å²) in [5.74, 6) is 2.32. The van der Waals surface area contributed by atoms with Gasteiger partial charge in [0.2, 0.25) is 0 Å². The van der Waals surface area contributed by atoms with Gasteiger partial charge in [-0.3, -0.25) is 4.79 Å². The van der Waals surface area contributed by atoms with Crippen molar-refractivity contribution < 1.29 is 13.2 Å². The maximum absolute atomic E-state index is 12.2. The highest BCUT2D eigenvalue weighted by Gasteiger charge is 2.39. The van der Waals surface area contributed by atoms with Gasteiger partial charge in [-0.25, -0.2) is 8.42 Å². The molecule has 0 aromatic carbocycles. The lowest BCUT2D eigenvalue weighted by atomic mass is 10.0. The predicted molar refractivity (Wildman–Crippen MR) is 79.2 cm³/mol. The van der Waals surface area contributed by atoms with E-state index in [1.807, 2.05) is 0 Å². The van der Waals surface area contributed by atoms with E-state index in [4.69, 9.17) is 6.42 Å². The minimum atomic E-state index is -3.22. The molecule has 8 heteroatoms. The molecule has 3 heterocycles. The van der Waals surface area contributed by atoms with Crippen LogP contribution in [0.3, 0.4) is 0 Å². The molecule has 0 unspecified atom stereocenters. The average Bonchev–Trinajstić information content (AvgIpc) is 2.99. The summed E-state index contributed by atoms with van der Waals surface area (Å²) >= 11 is 0. The first-order valence-corrected chi connectivity index (χ1v) is 8.71. The SMILES string of the molecule is C#CCCC1(CCNC(=O)c2[nH]cc3c2CCS3(=O)=O)N=N1. The lowest BCUT2D eigenvalue weighted by molar-refractivity contribution is 0.0946. The molecule has 0 radical (unpaired) electrons. The summed E-state index contributed by atoms with van der Waals surface area (Å²) in [4.78, 5) is 15.2. The monoisotopic (exact) mass is 320 g/mol. The van der Waals surface area contributed by atoms with E-state index in [-0.39, 0.29) is 16.6 Å². The largest absolute Gasteiger partial charge is 0.356 e. The van der Waals surface area contributed by atoms with Crippen molar-refractivity contribution >= 4 is 15.7 Å². The number of sulfone groups is 1. The zero-order valence-corrected chi connectivity index (χ0v) is 12.7. The average molecular weight is 320 g/mol. The van der Waals surface area contributed by atoms with Gasteiger partial charge in [0.1, 0.15) is 5.69 Å². The van der Waals surface area contributed by atoms with Crippen molar-refractivity contribution in [3.63, 3.8) is 0 Å². The molecule has 1 amide bonds. The normalized spacial score (nSPS) is 19.4. The van der Waals surface area contributed by atoms with E-state index in [0.29, 0.717) is 43.5 Å². The topological polar surface area (TPSA) is 104 Å². The van der Waals surface area contributed by atoms with E-state index in [9.17, 15) is 13.2 Å². The molecule has 116 valence electrons. The standard InChI is InChI=1S/C14H16N4O3S/c1-2-3-5-14(17-18-14)6-7-15-13(19)12-10-4-8-22(20,21)11(10)9-16-12/h1,9,16H,3-8H2,(H,15,19). The lowest BCUT2D eigenvalue weighted by Crippen LogP contribution is -2.29. The molecule has 0 saturated heterocycles. The molecule has 22 heavy (non-hydrogen) atoms. The van der Waals surface area contributed by atoms with Crippen molar-refractivity contribution in [2.45, 2.75) is 36.2 Å². The highest BCUT2D eigenvalue weighted by atomic mass is 32.2. The van der Waals surface area contributed by atoms with Gasteiger partial charge in [0, 0.05) is 37.6 Å². The van der Waals surface area contributed by atoms with Gasteiger partial charge in [-0.05, 0) is 6.42 Å². The van der Waals surface area contributed by atoms with Gasteiger partial charge in [-0.1, -0.05) is 0 Å². The van der Waals surface area contributed by atoms with Crippen LogP contribution in [-0.4, -0.2) is 37.3 Å². The molecule has 0 atom stereocenters. The Kier molecular flexibility index (Phi) is 3.53. The van der Waals surface area contributed by atoms with Crippen molar-refractivity contribution in [2.75, 3.05) is 12.3 Å². The van der Waals surface area contributed by atoms with E-state index in [1.54, 1.807) is 0 Å². The molecule has 0 fully saturated rings. The van der Waals surface area contributed by atoms with Gasteiger partial charge >= 0.3 is 0 Å². The molecule has 2 N–H and O–H groups in total. The molecule has 2 aliphatic heterocycles. The van der Waals surface area contributed by atoms with Crippen molar-refractivity contribution in [3.8, 4) is 12.3 Å². The Bertz CT molecular complexity index is 780. The summed E-state index contributed by atoms with van der Waals surface area (Å²) in [7, 11) is -3.22. The van der Waals surface area contributed by atoms with Crippen LogP contribution in [0, 0.1) is 12.3 Å². The number of rotatable bonds is 6. The molecule has 1 aromatic heterocycles. The van der Waals surface area contributed by atoms with Crippen molar-refractivity contribution in [1.29, 1.82) is 0 Å². The zero-order valence-electron chi connectivity index (χ0n) is 11.9. The number of aromatic nitrogens is 1. The molecule has 7 nitrogen and oxygen atoms in total. The number of H-pyrrole nitrogens is 1.